The van der Waals surface area contributed by atoms with Crippen LogP contribution in [-0.2, 0) is 4.74 Å². The van der Waals surface area contributed by atoms with Gasteiger partial charge in [0.25, 0.3) is 0 Å². The summed E-state index contributed by atoms with van der Waals surface area (Å²) in [5.41, 5.74) is 1.29. The number of benzene rings is 1. The van der Waals surface area contributed by atoms with Crippen LogP contribution in [0.15, 0.2) is 42.5 Å². The maximum atomic E-state index is 6.20. The molecule has 0 unspecified atom stereocenters. The second-order valence-electron chi connectivity index (χ2n) is 4.76. The summed E-state index contributed by atoms with van der Waals surface area (Å²) in [5.74, 6) is 0.578. The van der Waals surface area contributed by atoms with Crippen LogP contribution in [0.2, 0.25) is 0 Å². The van der Waals surface area contributed by atoms with E-state index in [4.69, 9.17) is 4.74 Å². The molecule has 0 fully saturated rings. The van der Waals surface area contributed by atoms with Crippen molar-refractivity contribution < 1.29 is 4.74 Å². The van der Waals surface area contributed by atoms with Gasteiger partial charge in [0.15, 0.2) is 0 Å². The predicted octanol–water partition coefficient (Wildman–Crippen LogP) is 4.12. The Morgan fingerprint density at radius 3 is 2.44 bits per heavy atom. The summed E-state index contributed by atoms with van der Waals surface area (Å²) < 4.78 is 6.20. The molecule has 0 saturated carbocycles. The van der Waals surface area contributed by atoms with Crippen molar-refractivity contribution in [2.24, 2.45) is 5.92 Å². The van der Waals surface area contributed by atoms with Crippen LogP contribution in [0.3, 0.4) is 0 Å². The Balaban J connectivity index is 2.13. The molecule has 16 heavy (non-hydrogen) atoms. The molecule has 0 saturated heterocycles. The highest BCUT2D eigenvalue weighted by Gasteiger charge is 2.21. The lowest BCUT2D eigenvalue weighted by Crippen LogP contribution is -2.20. The number of ether oxygens (including phenoxy) is 1. The zero-order chi connectivity index (χ0) is 11.4. The van der Waals surface area contributed by atoms with E-state index in [-0.39, 0.29) is 6.10 Å². The maximum absolute atomic E-state index is 6.20. The molecule has 1 aliphatic heterocycles. The fraction of sp³-hybridized carbons (Fsp3) is 0.467. The molecule has 0 bridgehead atoms. The lowest BCUT2D eigenvalue weighted by Gasteiger charge is -2.24. The van der Waals surface area contributed by atoms with Gasteiger partial charge < -0.3 is 4.74 Å². The minimum Gasteiger partial charge on any atom is -0.369 e. The zero-order valence-electron chi connectivity index (χ0n) is 10.1. The van der Waals surface area contributed by atoms with E-state index in [2.05, 4.69) is 56.3 Å². The van der Waals surface area contributed by atoms with E-state index in [1.165, 1.54) is 5.56 Å². The van der Waals surface area contributed by atoms with Crippen LogP contribution < -0.4 is 0 Å². The molecule has 0 spiro atoms. The molecule has 1 aliphatic rings. The Kier molecular flexibility index (Phi) is 3.79. The second kappa shape index (κ2) is 5.31. The van der Waals surface area contributed by atoms with Crippen LogP contribution in [0.25, 0.3) is 0 Å². The topological polar surface area (TPSA) is 9.23 Å². The van der Waals surface area contributed by atoms with Gasteiger partial charge in [0, 0.05) is 0 Å². The van der Waals surface area contributed by atoms with Crippen molar-refractivity contribution in [2.75, 3.05) is 0 Å². The smallest absolute Gasteiger partial charge is 0.0863 e. The number of hydrogen-bond donors (Lipinski definition) is 0. The van der Waals surface area contributed by atoms with Gasteiger partial charge in [0.1, 0.15) is 0 Å². The van der Waals surface area contributed by atoms with Gasteiger partial charge >= 0.3 is 0 Å². The molecule has 0 radical (unpaired) electrons. The molecule has 2 atom stereocenters. The van der Waals surface area contributed by atoms with Crippen LogP contribution in [0.4, 0.5) is 0 Å². The molecule has 86 valence electrons. The largest absolute Gasteiger partial charge is 0.369 e. The summed E-state index contributed by atoms with van der Waals surface area (Å²) in [6.07, 6.45) is 7.12. The van der Waals surface area contributed by atoms with Gasteiger partial charge in [0.2, 0.25) is 0 Å². The zero-order valence-corrected chi connectivity index (χ0v) is 10.1. The molecule has 2 rings (SSSR count). The average Bonchev–Trinajstić information content (AvgIpc) is 2.56. The Morgan fingerprint density at radius 2 is 1.75 bits per heavy atom. The SMILES string of the molecule is CC(C)[C@@H]1CC=CC[C@H](c2ccccc2)O1. The van der Waals surface area contributed by atoms with Crippen LogP contribution in [0, 0.1) is 5.92 Å². The predicted molar refractivity (Wildman–Crippen MR) is 67.3 cm³/mol. The fourth-order valence-corrected chi connectivity index (χ4v) is 2.08. The van der Waals surface area contributed by atoms with Crippen molar-refractivity contribution in [1.29, 1.82) is 0 Å². The molecular weight excluding hydrogens is 196 g/mol. The van der Waals surface area contributed by atoms with E-state index in [0.717, 1.165) is 12.8 Å². The van der Waals surface area contributed by atoms with E-state index in [9.17, 15) is 0 Å². The molecular formula is C15H20O. The van der Waals surface area contributed by atoms with E-state index in [0.29, 0.717) is 12.0 Å². The third kappa shape index (κ3) is 2.73. The molecule has 1 nitrogen and oxygen atoms in total. The monoisotopic (exact) mass is 216 g/mol. The molecule has 1 heteroatoms. The first-order chi connectivity index (χ1) is 7.77. The van der Waals surface area contributed by atoms with Crippen molar-refractivity contribution in [1.82, 2.24) is 0 Å². The van der Waals surface area contributed by atoms with Crippen LogP contribution in [0.5, 0.6) is 0 Å². The Labute approximate surface area is 98.1 Å². The standard InChI is InChI=1S/C15H20O/c1-12(2)14-10-6-7-11-15(16-14)13-8-4-3-5-9-13/h3-9,12,14-15H,10-11H2,1-2H3/t14-,15+/m0/s1. The highest BCUT2D eigenvalue weighted by atomic mass is 16.5. The van der Waals surface area contributed by atoms with Crippen LogP contribution in [0.1, 0.15) is 38.4 Å². The van der Waals surface area contributed by atoms with Crippen LogP contribution >= 0.6 is 0 Å². The van der Waals surface area contributed by atoms with Gasteiger partial charge in [-0.3, -0.25) is 0 Å². The van der Waals surface area contributed by atoms with E-state index in [1.807, 2.05) is 0 Å². The molecule has 0 N–H and O–H groups in total. The molecule has 0 amide bonds. The van der Waals surface area contributed by atoms with Crippen molar-refractivity contribution in [3.05, 3.63) is 48.0 Å². The summed E-state index contributed by atoms with van der Waals surface area (Å²) in [4.78, 5) is 0. The van der Waals surface area contributed by atoms with Gasteiger partial charge in [-0.15, -0.1) is 0 Å². The normalized spacial score (nSPS) is 25.7. The summed E-state index contributed by atoms with van der Waals surface area (Å²) in [5, 5.41) is 0. The van der Waals surface area contributed by atoms with Gasteiger partial charge in [-0.05, 0) is 24.3 Å². The summed E-state index contributed by atoms with van der Waals surface area (Å²) >= 11 is 0. The van der Waals surface area contributed by atoms with Gasteiger partial charge in [0.05, 0.1) is 12.2 Å². The third-order valence-electron chi connectivity index (χ3n) is 3.14. The van der Waals surface area contributed by atoms with Crippen molar-refractivity contribution in [3.63, 3.8) is 0 Å². The molecule has 0 aliphatic carbocycles. The Hall–Kier alpha value is -1.08. The Bertz CT molecular complexity index is 340. The highest BCUT2D eigenvalue weighted by Crippen LogP contribution is 2.29. The van der Waals surface area contributed by atoms with Crippen LogP contribution in [-0.4, -0.2) is 6.10 Å². The molecule has 0 aromatic heterocycles. The summed E-state index contributed by atoms with van der Waals surface area (Å²) in [6.45, 7) is 4.46. The minimum atomic E-state index is 0.229. The average molecular weight is 216 g/mol. The molecule has 1 heterocycles. The second-order valence-corrected chi connectivity index (χ2v) is 4.76. The first-order valence-electron chi connectivity index (χ1n) is 6.13. The van der Waals surface area contributed by atoms with E-state index < -0.39 is 0 Å². The van der Waals surface area contributed by atoms with Crippen molar-refractivity contribution in [3.8, 4) is 0 Å². The first-order valence-corrected chi connectivity index (χ1v) is 6.13. The van der Waals surface area contributed by atoms with Gasteiger partial charge in [-0.2, -0.15) is 0 Å². The van der Waals surface area contributed by atoms with E-state index in [1.54, 1.807) is 0 Å². The highest BCUT2D eigenvalue weighted by molar-refractivity contribution is 5.19. The summed E-state index contributed by atoms with van der Waals surface area (Å²) in [7, 11) is 0. The third-order valence-corrected chi connectivity index (χ3v) is 3.14. The number of hydrogen-bond acceptors (Lipinski definition) is 1. The molecule has 1 aromatic rings. The van der Waals surface area contributed by atoms with Gasteiger partial charge in [-0.1, -0.05) is 56.3 Å². The maximum Gasteiger partial charge on any atom is 0.0863 e. The molecule has 1 aromatic carbocycles. The first kappa shape index (κ1) is 11.4. The van der Waals surface area contributed by atoms with E-state index >= 15 is 0 Å². The lowest BCUT2D eigenvalue weighted by molar-refractivity contribution is -0.0303. The fourth-order valence-electron chi connectivity index (χ4n) is 2.08. The van der Waals surface area contributed by atoms with Crippen molar-refractivity contribution >= 4 is 0 Å². The number of rotatable bonds is 2. The van der Waals surface area contributed by atoms with Gasteiger partial charge in [-0.25, -0.2) is 0 Å². The minimum absolute atomic E-state index is 0.229. The Morgan fingerprint density at radius 1 is 1.06 bits per heavy atom. The lowest BCUT2D eigenvalue weighted by atomic mass is 10.0. The quantitative estimate of drug-likeness (QED) is 0.676. The summed E-state index contributed by atoms with van der Waals surface area (Å²) in [6, 6.07) is 10.5. The van der Waals surface area contributed by atoms with Crippen molar-refractivity contribution in [2.45, 2.75) is 38.9 Å².